The van der Waals surface area contributed by atoms with Crippen molar-refractivity contribution < 1.29 is 9.53 Å². The van der Waals surface area contributed by atoms with Gasteiger partial charge in [-0.2, -0.15) is 0 Å². The van der Waals surface area contributed by atoms with Crippen LogP contribution < -0.4 is 16.2 Å². The van der Waals surface area contributed by atoms with Crippen LogP contribution in [0.3, 0.4) is 0 Å². The monoisotopic (exact) mass is 381 g/mol. The first kappa shape index (κ1) is 18.1. The molecule has 2 aliphatic heterocycles. The Morgan fingerprint density at radius 3 is 2.70 bits per heavy atom. The number of hydrogen-bond acceptors (Lipinski definition) is 5. The van der Waals surface area contributed by atoms with E-state index in [2.05, 4.69) is 30.0 Å². The summed E-state index contributed by atoms with van der Waals surface area (Å²) in [6, 6.07) is 0. The number of hydrogen-bond donors (Lipinski definition) is 3. The molecule has 0 bridgehead atoms. The summed E-state index contributed by atoms with van der Waals surface area (Å²) in [7, 11) is 0. The number of halogens is 2. The van der Waals surface area contributed by atoms with E-state index in [0.717, 1.165) is 12.3 Å². The maximum atomic E-state index is 12.3. The molecule has 8 unspecified atom stereocenters. The molecule has 0 aromatic carbocycles. The third-order valence-corrected chi connectivity index (χ3v) is 7.37. The maximum absolute atomic E-state index is 12.3. The van der Waals surface area contributed by atoms with Gasteiger partial charge in [0.15, 0.2) is 0 Å². The quantitative estimate of drug-likeness (QED) is 0.656. The number of carbonyl (C=O) groups is 1. The lowest BCUT2D eigenvalue weighted by atomic mass is 9.75. The van der Waals surface area contributed by atoms with Gasteiger partial charge in [-0.1, -0.05) is 26.7 Å². The first-order chi connectivity index (χ1) is 10.9. The number of rotatable bonds is 3. The average molecular weight is 382 g/mol. The Balaban J connectivity index is 1.51. The Morgan fingerprint density at radius 2 is 2.00 bits per heavy atom. The van der Waals surface area contributed by atoms with Crippen LogP contribution in [0.15, 0.2) is 0 Å². The Kier molecular flexibility index (Phi) is 6.03. The topological polar surface area (TPSA) is 62.4 Å². The molecular weight excluding hydrogens is 357 g/mol. The van der Waals surface area contributed by atoms with E-state index in [1.807, 2.05) is 0 Å². The Hall–Kier alpha value is 0.280. The van der Waals surface area contributed by atoms with Crippen LogP contribution >= 0.6 is 35.0 Å². The van der Waals surface area contributed by atoms with E-state index in [9.17, 15) is 4.79 Å². The summed E-state index contributed by atoms with van der Waals surface area (Å²) < 4.78 is 5.60. The molecule has 23 heavy (non-hydrogen) atoms. The third-order valence-electron chi connectivity index (χ3n) is 5.19. The summed E-state index contributed by atoms with van der Waals surface area (Å²) in [4.78, 5) is 12.3. The predicted molar refractivity (Wildman–Crippen MR) is 93.7 cm³/mol. The summed E-state index contributed by atoms with van der Waals surface area (Å²) >= 11 is 13.7. The van der Waals surface area contributed by atoms with E-state index in [1.165, 1.54) is 24.6 Å². The second-order valence-corrected chi connectivity index (χ2v) is 9.90. The number of amides is 1. The molecule has 1 aliphatic carbocycles. The van der Waals surface area contributed by atoms with Gasteiger partial charge in [0.1, 0.15) is 6.23 Å². The largest absolute Gasteiger partial charge is 0.324 e. The lowest BCUT2D eigenvalue weighted by molar-refractivity contribution is -0.130. The predicted octanol–water partition coefficient (Wildman–Crippen LogP) is 2.79. The highest BCUT2D eigenvalue weighted by Crippen LogP contribution is 2.43. The number of alkyl halides is 2. The lowest BCUT2D eigenvalue weighted by Gasteiger charge is -2.35. The van der Waals surface area contributed by atoms with Gasteiger partial charge in [-0.3, -0.25) is 4.79 Å². The zero-order chi connectivity index (χ0) is 16.6. The van der Waals surface area contributed by atoms with Crippen LogP contribution in [0.5, 0.6) is 0 Å². The van der Waals surface area contributed by atoms with Gasteiger partial charge in [-0.05, 0) is 24.7 Å². The minimum Gasteiger partial charge on any atom is -0.324 e. The van der Waals surface area contributed by atoms with Crippen molar-refractivity contribution in [2.45, 2.75) is 61.5 Å². The van der Waals surface area contributed by atoms with Gasteiger partial charge in [0, 0.05) is 5.92 Å². The van der Waals surface area contributed by atoms with E-state index in [1.54, 1.807) is 0 Å². The van der Waals surface area contributed by atoms with Crippen molar-refractivity contribution in [3.63, 3.8) is 0 Å². The SMILES string of the molecule is CC1CCC(C)C(C2NNC(NC(=O)C3CC(Cl)SC3Cl)O2)C1. The first-order valence-electron chi connectivity index (χ1n) is 8.34. The highest BCUT2D eigenvalue weighted by atomic mass is 35.5. The van der Waals surface area contributed by atoms with Crippen LogP contribution in [0.2, 0.25) is 0 Å². The standard InChI is InChI=1S/C15H25Cl2N3O2S/c1-7-3-4-8(2)9(5-7)14-19-20-15(22-14)18-13(21)10-6-11(16)23-12(10)17/h7-12,14-15,19-20H,3-6H2,1-2H3,(H,18,21). The average Bonchev–Trinajstić information content (AvgIpc) is 3.08. The fourth-order valence-corrected chi connectivity index (χ4v) is 6.01. The second kappa shape index (κ2) is 7.67. The molecule has 2 saturated heterocycles. The molecule has 3 N–H and O–H groups in total. The Morgan fingerprint density at radius 1 is 1.22 bits per heavy atom. The summed E-state index contributed by atoms with van der Waals surface area (Å²) in [6.45, 7) is 4.57. The van der Waals surface area contributed by atoms with Gasteiger partial charge in [-0.25, -0.2) is 10.9 Å². The van der Waals surface area contributed by atoms with E-state index in [0.29, 0.717) is 18.3 Å². The van der Waals surface area contributed by atoms with Gasteiger partial charge in [0.25, 0.3) is 0 Å². The van der Waals surface area contributed by atoms with Crippen molar-refractivity contribution in [3.8, 4) is 0 Å². The summed E-state index contributed by atoms with van der Waals surface area (Å²) in [5, 5.41) is 2.88. The summed E-state index contributed by atoms with van der Waals surface area (Å²) in [5.74, 6) is 1.43. The summed E-state index contributed by atoms with van der Waals surface area (Å²) in [5.41, 5.74) is 6.22. The molecule has 8 atom stereocenters. The smallest absolute Gasteiger partial charge is 0.228 e. The minimum atomic E-state index is -0.514. The van der Waals surface area contributed by atoms with Crippen molar-refractivity contribution in [3.05, 3.63) is 0 Å². The van der Waals surface area contributed by atoms with Gasteiger partial charge in [0.05, 0.1) is 15.3 Å². The molecule has 1 amide bonds. The fourth-order valence-electron chi connectivity index (χ4n) is 3.71. The van der Waals surface area contributed by atoms with Crippen molar-refractivity contribution >= 4 is 40.9 Å². The van der Waals surface area contributed by atoms with Crippen molar-refractivity contribution in [1.82, 2.24) is 16.2 Å². The van der Waals surface area contributed by atoms with E-state index in [4.69, 9.17) is 27.9 Å². The van der Waals surface area contributed by atoms with Crippen LogP contribution in [0, 0.1) is 23.7 Å². The minimum absolute atomic E-state index is 0.0661. The van der Waals surface area contributed by atoms with Crippen molar-refractivity contribution in [2.24, 2.45) is 23.7 Å². The molecule has 3 fully saturated rings. The van der Waals surface area contributed by atoms with E-state index < -0.39 is 6.35 Å². The Labute approximate surface area is 151 Å². The third kappa shape index (κ3) is 4.28. The van der Waals surface area contributed by atoms with Crippen molar-refractivity contribution in [1.29, 1.82) is 0 Å². The molecule has 0 radical (unpaired) electrons. The highest BCUT2D eigenvalue weighted by Gasteiger charge is 2.41. The summed E-state index contributed by atoms with van der Waals surface area (Å²) in [6.07, 6.45) is 3.68. The number of ether oxygens (including phenoxy) is 1. The fraction of sp³-hybridized carbons (Fsp3) is 0.933. The zero-order valence-corrected chi connectivity index (χ0v) is 15.8. The number of thioether (sulfide) groups is 1. The van der Waals surface area contributed by atoms with Gasteiger partial charge in [0.2, 0.25) is 12.3 Å². The number of nitrogens with one attached hydrogen (secondary N) is 3. The molecule has 1 saturated carbocycles. The molecule has 3 rings (SSSR count). The second-order valence-electron chi connectivity index (χ2n) is 7.03. The van der Waals surface area contributed by atoms with Crippen molar-refractivity contribution in [2.75, 3.05) is 0 Å². The molecule has 0 aromatic rings. The highest BCUT2D eigenvalue weighted by molar-refractivity contribution is 8.03. The van der Waals surface area contributed by atoms with Gasteiger partial charge in [-0.15, -0.1) is 35.0 Å². The van der Waals surface area contributed by atoms with Crippen LogP contribution in [-0.4, -0.2) is 27.9 Å². The number of hydrazine groups is 1. The van der Waals surface area contributed by atoms with E-state index in [-0.39, 0.29) is 27.5 Å². The molecule has 5 nitrogen and oxygen atoms in total. The Bertz CT molecular complexity index is 445. The van der Waals surface area contributed by atoms with Gasteiger partial charge < -0.3 is 10.1 Å². The molecule has 0 spiro atoms. The molecule has 8 heteroatoms. The first-order valence-corrected chi connectivity index (χ1v) is 10.2. The number of carbonyl (C=O) groups excluding carboxylic acids is 1. The van der Waals surface area contributed by atoms with E-state index >= 15 is 0 Å². The molecule has 2 heterocycles. The molecule has 132 valence electrons. The zero-order valence-electron chi connectivity index (χ0n) is 13.4. The van der Waals surface area contributed by atoms with Crippen LogP contribution in [-0.2, 0) is 9.53 Å². The molecular formula is C15H25Cl2N3O2S. The van der Waals surface area contributed by atoms with Crippen LogP contribution in [0.4, 0.5) is 0 Å². The van der Waals surface area contributed by atoms with Gasteiger partial charge >= 0.3 is 0 Å². The van der Waals surface area contributed by atoms with Crippen LogP contribution in [0.1, 0.15) is 39.5 Å². The maximum Gasteiger partial charge on any atom is 0.228 e. The van der Waals surface area contributed by atoms with Crippen LogP contribution in [0.25, 0.3) is 0 Å². The lowest BCUT2D eigenvalue weighted by Crippen LogP contribution is -2.47. The molecule has 0 aromatic heterocycles. The molecule has 3 aliphatic rings. The normalized spacial score (nSPS) is 47.7.